The summed E-state index contributed by atoms with van der Waals surface area (Å²) in [5.41, 5.74) is 0.729. The molecule has 0 atom stereocenters. The number of amides is 1. The van der Waals surface area contributed by atoms with Crippen molar-refractivity contribution in [2.24, 2.45) is 0 Å². The van der Waals surface area contributed by atoms with Gasteiger partial charge in [0.05, 0.1) is 6.61 Å². The number of piperidine rings is 1. The third kappa shape index (κ3) is 7.11. The summed E-state index contributed by atoms with van der Waals surface area (Å²) >= 11 is 0. The normalized spacial score (nSPS) is 18.6. The van der Waals surface area contributed by atoms with Gasteiger partial charge in [0.1, 0.15) is 11.4 Å². The Balaban J connectivity index is 1.37. The molecule has 29 heavy (non-hydrogen) atoms. The van der Waals surface area contributed by atoms with Crippen LogP contribution in [0.3, 0.4) is 0 Å². The molecule has 2 saturated heterocycles. The fraction of sp³-hybridized carbons (Fsp3) is 0.696. The van der Waals surface area contributed by atoms with E-state index in [1.54, 1.807) is 4.90 Å². The molecule has 3 rings (SSSR count). The zero-order valence-electron chi connectivity index (χ0n) is 18.4. The van der Waals surface area contributed by atoms with Gasteiger partial charge < -0.3 is 24.2 Å². The topological polar surface area (TPSA) is 45.3 Å². The van der Waals surface area contributed by atoms with E-state index in [9.17, 15) is 4.79 Å². The molecule has 0 N–H and O–H groups in total. The molecule has 6 nitrogen and oxygen atoms in total. The summed E-state index contributed by atoms with van der Waals surface area (Å²) < 4.78 is 11.4. The smallest absolute Gasteiger partial charge is 0.410 e. The van der Waals surface area contributed by atoms with Gasteiger partial charge in [-0.15, -0.1) is 0 Å². The van der Waals surface area contributed by atoms with E-state index in [4.69, 9.17) is 9.47 Å². The number of nitrogens with zero attached hydrogens (tertiary/aromatic N) is 3. The van der Waals surface area contributed by atoms with Crippen molar-refractivity contribution < 1.29 is 14.3 Å². The van der Waals surface area contributed by atoms with E-state index in [2.05, 4.69) is 34.1 Å². The molecule has 1 aromatic rings. The van der Waals surface area contributed by atoms with Gasteiger partial charge in [-0.25, -0.2) is 4.79 Å². The molecule has 0 bridgehead atoms. The summed E-state index contributed by atoms with van der Waals surface area (Å²) in [5.74, 6) is 0.930. The number of carbonyl (C=O) groups excluding carboxylic acids is 1. The first-order valence-corrected chi connectivity index (χ1v) is 11.1. The number of ether oxygens (including phenoxy) is 2. The zero-order chi connectivity index (χ0) is 20.7. The lowest BCUT2D eigenvalue weighted by molar-refractivity contribution is 0.0240. The lowest BCUT2D eigenvalue weighted by Crippen LogP contribution is -2.50. The molecule has 2 heterocycles. The van der Waals surface area contributed by atoms with Crippen molar-refractivity contribution in [3.05, 3.63) is 24.3 Å². The van der Waals surface area contributed by atoms with Crippen LogP contribution >= 0.6 is 0 Å². The van der Waals surface area contributed by atoms with Crippen LogP contribution in [0.15, 0.2) is 24.3 Å². The SMILES string of the molecule is CC(C)(C)OC(=O)N1CCN(c2ccc(OCCCN3CCCCC3)cc2)CC1. The monoisotopic (exact) mass is 403 g/mol. The third-order valence-electron chi connectivity index (χ3n) is 5.47. The molecule has 1 aromatic carbocycles. The number of hydrogen-bond donors (Lipinski definition) is 0. The Labute approximate surface area is 175 Å². The van der Waals surface area contributed by atoms with E-state index < -0.39 is 5.60 Å². The fourth-order valence-electron chi connectivity index (χ4n) is 3.89. The van der Waals surface area contributed by atoms with Crippen molar-refractivity contribution in [1.82, 2.24) is 9.80 Å². The molecule has 2 aliphatic heterocycles. The van der Waals surface area contributed by atoms with Crippen molar-refractivity contribution in [1.29, 1.82) is 0 Å². The molecule has 0 aliphatic carbocycles. The summed E-state index contributed by atoms with van der Waals surface area (Å²) in [5, 5.41) is 0. The van der Waals surface area contributed by atoms with E-state index in [0.717, 1.165) is 38.4 Å². The van der Waals surface area contributed by atoms with Gasteiger partial charge >= 0.3 is 6.09 Å². The Morgan fingerprint density at radius 3 is 2.21 bits per heavy atom. The Morgan fingerprint density at radius 1 is 0.931 bits per heavy atom. The van der Waals surface area contributed by atoms with E-state index in [1.807, 2.05) is 20.8 Å². The number of carbonyl (C=O) groups is 1. The second-order valence-electron chi connectivity index (χ2n) is 9.05. The molecule has 2 aliphatic rings. The van der Waals surface area contributed by atoms with Crippen LogP contribution in [-0.4, -0.2) is 73.9 Å². The number of likely N-dealkylation sites (tertiary alicyclic amines) is 1. The van der Waals surface area contributed by atoms with Gasteiger partial charge in [-0.2, -0.15) is 0 Å². The molecule has 2 fully saturated rings. The summed E-state index contributed by atoms with van der Waals surface area (Å²) in [6, 6.07) is 8.33. The predicted molar refractivity (Wildman–Crippen MR) is 117 cm³/mol. The van der Waals surface area contributed by atoms with Crippen molar-refractivity contribution in [2.45, 2.75) is 52.1 Å². The van der Waals surface area contributed by atoms with E-state index in [-0.39, 0.29) is 6.09 Å². The maximum Gasteiger partial charge on any atom is 0.410 e. The number of benzene rings is 1. The highest BCUT2D eigenvalue weighted by Gasteiger charge is 2.25. The van der Waals surface area contributed by atoms with Crippen LogP contribution in [-0.2, 0) is 4.74 Å². The average molecular weight is 404 g/mol. The number of rotatable bonds is 6. The largest absolute Gasteiger partial charge is 0.494 e. The van der Waals surface area contributed by atoms with Crippen LogP contribution in [0.4, 0.5) is 10.5 Å². The quantitative estimate of drug-likeness (QED) is 0.672. The highest BCUT2D eigenvalue weighted by atomic mass is 16.6. The fourth-order valence-corrected chi connectivity index (χ4v) is 3.89. The van der Waals surface area contributed by atoms with Gasteiger partial charge in [0.25, 0.3) is 0 Å². The Kier molecular flexibility index (Phi) is 7.64. The molecule has 0 spiro atoms. The van der Waals surface area contributed by atoms with Crippen molar-refractivity contribution in [3.63, 3.8) is 0 Å². The van der Waals surface area contributed by atoms with Crippen LogP contribution in [0.2, 0.25) is 0 Å². The van der Waals surface area contributed by atoms with Crippen LogP contribution < -0.4 is 9.64 Å². The number of anilines is 1. The molecule has 0 aromatic heterocycles. The third-order valence-corrected chi connectivity index (χ3v) is 5.47. The lowest BCUT2D eigenvalue weighted by atomic mass is 10.1. The van der Waals surface area contributed by atoms with Crippen molar-refractivity contribution >= 4 is 11.8 Å². The van der Waals surface area contributed by atoms with Crippen LogP contribution in [0.25, 0.3) is 0 Å². The first kappa shape index (κ1) is 21.8. The molecule has 162 valence electrons. The maximum atomic E-state index is 12.2. The lowest BCUT2D eigenvalue weighted by Gasteiger charge is -2.36. The highest BCUT2D eigenvalue weighted by molar-refractivity contribution is 5.68. The summed E-state index contributed by atoms with van der Waals surface area (Å²) in [6.07, 6.45) is 4.93. The Bertz CT molecular complexity index is 628. The van der Waals surface area contributed by atoms with Crippen molar-refractivity contribution in [3.8, 4) is 5.75 Å². The number of piperazine rings is 1. The first-order valence-electron chi connectivity index (χ1n) is 11.1. The standard InChI is InChI=1S/C23H37N3O3/c1-23(2,3)29-22(27)26-17-15-25(16-18-26)20-8-10-21(11-9-20)28-19-7-14-24-12-5-4-6-13-24/h8-11H,4-7,12-19H2,1-3H3. The van der Waals surface area contributed by atoms with E-state index >= 15 is 0 Å². The molecule has 0 radical (unpaired) electrons. The molecule has 6 heteroatoms. The minimum Gasteiger partial charge on any atom is -0.494 e. The maximum absolute atomic E-state index is 12.2. The molecule has 0 unspecified atom stereocenters. The van der Waals surface area contributed by atoms with Crippen LogP contribution in [0, 0.1) is 0 Å². The first-order chi connectivity index (χ1) is 13.9. The van der Waals surface area contributed by atoms with Crippen LogP contribution in [0.5, 0.6) is 5.75 Å². The second kappa shape index (κ2) is 10.2. The average Bonchev–Trinajstić information content (AvgIpc) is 2.71. The van der Waals surface area contributed by atoms with Crippen LogP contribution in [0.1, 0.15) is 46.5 Å². The van der Waals surface area contributed by atoms with Crippen molar-refractivity contribution in [2.75, 3.05) is 57.3 Å². The Morgan fingerprint density at radius 2 is 1.59 bits per heavy atom. The van der Waals surface area contributed by atoms with E-state index in [0.29, 0.717) is 13.1 Å². The van der Waals surface area contributed by atoms with Gasteiger partial charge in [0.15, 0.2) is 0 Å². The van der Waals surface area contributed by atoms with Gasteiger partial charge in [0.2, 0.25) is 0 Å². The van der Waals surface area contributed by atoms with Gasteiger partial charge in [0, 0.05) is 38.4 Å². The summed E-state index contributed by atoms with van der Waals surface area (Å²) in [7, 11) is 0. The minimum absolute atomic E-state index is 0.217. The van der Waals surface area contributed by atoms with Gasteiger partial charge in [-0.1, -0.05) is 6.42 Å². The predicted octanol–water partition coefficient (Wildman–Crippen LogP) is 4.00. The minimum atomic E-state index is -0.447. The molecule has 1 amide bonds. The number of hydrogen-bond acceptors (Lipinski definition) is 5. The summed E-state index contributed by atoms with van der Waals surface area (Å²) in [6.45, 7) is 13.1. The van der Waals surface area contributed by atoms with Gasteiger partial charge in [-0.3, -0.25) is 0 Å². The molecule has 0 saturated carbocycles. The molecular weight excluding hydrogens is 366 g/mol. The van der Waals surface area contributed by atoms with E-state index in [1.165, 1.54) is 38.0 Å². The molecular formula is C23H37N3O3. The van der Waals surface area contributed by atoms with Gasteiger partial charge in [-0.05, 0) is 77.4 Å². The second-order valence-corrected chi connectivity index (χ2v) is 9.05. The zero-order valence-corrected chi connectivity index (χ0v) is 18.4. The Hall–Kier alpha value is -1.95. The summed E-state index contributed by atoms with van der Waals surface area (Å²) in [4.78, 5) is 18.8. The highest BCUT2D eigenvalue weighted by Crippen LogP contribution is 2.22.